The minimum Gasteiger partial charge on any atom is -0.339 e. The van der Waals surface area contributed by atoms with Crippen LogP contribution < -0.4 is 5.32 Å². The molecule has 2 aromatic rings. The van der Waals surface area contributed by atoms with Gasteiger partial charge in [0.1, 0.15) is 5.82 Å². The van der Waals surface area contributed by atoms with Gasteiger partial charge in [0.2, 0.25) is 0 Å². The lowest BCUT2D eigenvalue weighted by Crippen LogP contribution is -2.43. The van der Waals surface area contributed by atoms with E-state index in [4.69, 9.17) is 0 Å². The Morgan fingerprint density at radius 1 is 1.22 bits per heavy atom. The Kier molecular flexibility index (Phi) is 6.08. The molecular weight excluding hydrogens is 362 g/mol. The van der Waals surface area contributed by atoms with Crippen molar-refractivity contribution in [3.8, 4) is 0 Å². The zero-order valence-corrected chi connectivity index (χ0v) is 16.9. The quantitative estimate of drug-likeness (QED) is 0.786. The maximum atomic E-state index is 12.9. The Morgan fingerprint density at radius 3 is 2.63 bits per heavy atom. The molecule has 1 aliphatic rings. The predicted octanol–water partition coefficient (Wildman–Crippen LogP) is 3.25. The summed E-state index contributed by atoms with van der Waals surface area (Å²) in [6.07, 6.45) is 3.37. The fourth-order valence-corrected chi connectivity index (χ4v) is 5.29. The maximum absolute atomic E-state index is 12.9. The molecule has 1 atom stereocenters. The summed E-state index contributed by atoms with van der Waals surface area (Å²) in [5, 5.41) is 3.23. The third-order valence-corrected chi connectivity index (χ3v) is 7.02. The number of hydrogen-bond donors (Lipinski definition) is 1. The molecule has 0 bridgehead atoms. The first-order chi connectivity index (χ1) is 13.0. The fourth-order valence-electron chi connectivity index (χ4n) is 3.45. The Morgan fingerprint density at radius 2 is 2.00 bits per heavy atom. The highest BCUT2D eigenvalue weighted by Gasteiger charge is 2.38. The van der Waals surface area contributed by atoms with Crippen LogP contribution in [-0.4, -0.2) is 46.6 Å². The van der Waals surface area contributed by atoms with Crippen LogP contribution in [0.25, 0.3) is 0 Å². The van der Waals surface area contributed by atoms with Crippen LogP contribution in [0.4, 0.5) is 11.5 Å². The van der Waals surface area contributed by atoms with Gasteiger partial charge in [-0.05, 0) is 44.0 Å². The number of rotatable bonds is 7. The first kappa shape index (κ1) is 19.7. The molecule has 0 aliphatic carbocycles. The lowest BCUT2D eigenvalue weighted by molar-refractivity contribution is 0.335. The van der Waals surface area contributed by atoms with Crippen molar-refractivity contribution in [3.05, 3.63) is 47.9 Å². The van der Waals surface area contributed by atoms with Crippen molar-refractivity contribution in [2.45, 2.75) is 39.7 Å². The summed E-state index contributed by atoms with van der Waals surface area (Å²) in [5.74, 6) is 0.760. The molecule has 0 radical (unpaired) electrons. The summed E-state index contributed by atoms with van der Waals surface area (Å²) in [5.41, 5.74) is 2.55. The fraction of sp³-hybridized carbons (Fsp3) is 0.474. The molecule has 1 N–H and O–H groups in total. The van der Waals surface area contributed by atoms with Crippen molar-refractivity contribution in [2.24, 2.45) is 0 Å². The minimum absolute atomic E-state index is 0.207. The highest BCUT2D eigenvalue weighted by Crippen LogP contribution is 2.34. The molecule has 0 amide bonds. The number of hydrogen-bond acceptors (Lipinski definition) is 5. The predicted molar refractivity (Wildman–Crippen MR) is 107 cm³/mol. The molecule has 0 spiro atoms. The molecule has 0 aromatic carbocycles. The first-order valence-corrected chi connectivity index (χ1v) is 10.8. The van der Waals surface area contributed by atoms with Crippen LogP contribution in [0.2, 0.25) is 0 Å². The van der Waals surface area contributed by atoms with Gasteiger partial charge in [-0.2, -0.15) is 17.0 Å². The standard InChI is InChI=1S/C19H27N5O2S/c1-4-23(5-2)27(25,26)24-13-7-9-18(24)17-12-11-16(14-20-17)22-19-10-6-8-15(3)21-19/h6,8,10-12,14,18H,4-5,7,9,13H2,1-3H3,(H,21,22)/t18-/m0/s1. The highest BCUT2D eigenvalue weighted by atomic mass is 32.2. The number of pyridine rings is 2. The van der Waals surface area contributed by atoms with Crippen molar-refractivity contribution in [3.63, 3.8) is 0 Å². The van der Waals surface area contributed by atoms with E-state index >= 15 is 0 Å². The van der Waals surface area contributed by atoms with E-state index in [0.717, 1.165) is 35.7 Å². The number of aryl methyl sites for hydroxylation is 1. The zero-order chi connectivity index (χ0) is 19.4. The van der Waals surface area contributed by atoms with Gasteiger partial charge in [-0.15, -0.1) is 0 Å². The van der Waals surface area contributed by atoms with Crippen LogP contribution in [0.3, 0.4) is 0 Å². The van der Waals surface area contributed by atoms with Crippen LogP contribution in [0, 0.1) is 6.92 Å². The SMILES string of the molecule is CCN(CC)S(=O)(=O)N1CCC[C@H]1c1ccc(Nc2cccc(C)n2)cn1. The van der Waals surface area contributed by atoms with Gasteiger partial charge in [0.15, 0.2) is 0 Å². The van der Waals surface area contributed by atoms with Crippen molar-refractivity contribution in [2.75, 3.05) is 25.0 Å². The number of nitrogens with one attached hydrogen (secondary N) is 1. The summed E-state index contributed by atoms with van der Waals surface area (Å²) in [4.78, 5) is 8.96. The van der Waals surface area contributed by atoms with E-state index in [1.807, 2.05) is 51.1 Å². The van der Waals surface area contributed by atoms with Crippen LogP contribution in [0.5, 0.6) is 0 Å². The van der Waals surface area contributed by atoms with Gasteiger partial charge in [0.05, 0.1) is 23.6 Å². The Balaban J connectivity index is 1.78. The van der Waals surface area contributed by atoms with Crippen LogP contribution in [0.1, 0.15) is 44.1 Å². The number of aromatic nitrogens is 2. The lowest BCUT2D eigenvalue weighted by Gasteiger charge is -2.29. The summed E-state index contributed by atoms with van der Waals surface area (Å²) in [6.45, 7) is 7.16. The van der Waals surface area contributed by atoms with Gasteiger partial charge in [-0.1, -0.05) is 19.9 Å². The summed E-state index contributed by atoms with van der Waals surface area (Å²) in [6, 6.07) is 9.40. The van der Waals surface area contributed by atoms with Gasteiger partial charge in [-0.3, -0.25) is 4.98 Å². The molecule has 3 rings (SSSR count). The van der Waals surface area contributed by atoms with Crippen LogP contribution in [-0.2, 0) is 10.2 Å². The van der Waals surface area contributed by atoms with Crippen molar-refractivity contribution < 1.29 is 8.42 Å². The highest BCUT2D eigenvalue weighted by molar-refractivity contribution is 7.86. The minimum atomic E-state index is -3.46. The Labute approximate surface area is 161 Å². The molecule has 1 saturated heterocycles. The summed E-state index contributed by atoms with van der Waals surface area (Å²) in [7, 11) is -3.46. The van der Waals surface area contributed by atoms with Gasteiger partial charge < -0.3 is 5.32 Å². The molecule has 0 saturated carbocycles. The lowest BCUT2D eigenvalue weighted by atomic mass is 10.1. The molecular formula is C19H27N5O2S. The van der Waals surface area contributed by atoms with Crippen LogP contribution in [0.15, 0.2) is 36.5 Å². The second kappa shape index (κ2) is 8.33. The molecule has 27 heavy (non-hydrogen) atoms. The molecule has 0 unspecified atom stereocenters. The monoisotopic (exact) mass is 389 g/mol. The second-order valence-corrected chi connectivity index (χ2v) is 8.50. The zero-order valence-electron chi connectivity index (χ0n) is 16.1. The molecule has 3 heterocycles. The largest absolute Gasteiger partial charge is 0.339 e. The Hall–Kier alpha value is -2.03. The first-order valence-electron chi connectivity index (χ1n) is 9.39. The smallest absolute Gasteiger partial charge is 0.282 e. The summed E-state index contributed by atoms with van der Waals surface area (Å²) >= 11 is 0. The Bertz CT molecular complexity index is 866. The third-order valence-electron chi connectivity index (χ3n) is 4.82. The third kappa shape index (κ3) is 4.28. The van der Waals surface area contributed by atoms with Gasteiger partial charge in [-0.25, -0.2) is 4.98 Å². The van der Waals surface area contributed by atoms with Crippen molar-refractivity contribution >= 4 is 21.7 Å². The maximum Gasteiger partial charge on any atom is 0.282 e. The van der Waals surface area contributed by atoms with E-state index in [0.29, 0.717) is 19.6 Å². The van der Waals surface area contributed by atoms with Crippen LogP contribution >= 0.6 is 0 Å². The normalized spacial score (nSPS) is 18.1. The molecule has 1 aliphatic heterocycles. The molecule has 146 valence electrons. The average molecular weight is 390 g/mol. The van der Waals surface area contributed by atoms with E-state index in [2.05, 4.69) is 15.3 Å². The van der Waals surface area contributed by atoms with E-state index in [-0.39, 0.29) is 6.04 Å². The summed E-state index contributed by atoms with van der Waals surface area (Å²) < 4.78 is 28.9. The van der Waals surface area contributed by atoms with E-state index in [1.165, 1.54) is 4.31 Å². The van der Waals surface area contributed by atoms with Gasteiger partial charge in [0, 0.05) is 25.3 Å². The van der Waals surface area contributed by atoms with E-state index in [9.17, 15) is 8.42 Å². The number of anilines is 2. The van der Waals surface area contributed by atoms with Gasteiger partial charge in [0.25, 0.3) is 10.2 Å². The van der Waals surface area contributed by atoms with Crippen molar-refractivity contribution in [1.82, 2.24) is 18.6 Å². The molecule has 7 nitrogen and oxygen atoms in total. The average Bonchev–Trinajstić information content (AvgIpc) is 3.14. The molecule has 2 aromatic heterocycles. The van der Waals surface area contributed by atoms with Crippen molar-refractivity contribution in [1.29, 1.82) is 0 Å². The topological polar surface area (TPSA) is 78.4 Å². The molecule has 8 heteroatoms. The number of nitrogens with zero attached hydrogens (tertiary/aromatic N) is 4. The van der Waals surface area contributed by atoms with E-state index < -0.39 is 10.2 Å². The second-order valence-electron chi connectivity index (χ2n) is 6.62. The molecule has 1 fully saturated rings. The van der Waals surface area contributed by atoms with E-state index in [1.54, 1.807) is 10.5 Å². The van der Waals surface area contributed by atoms with Gasteiger partial charge >= 0.3 is 0 Å².